The molecule has 114 valence electrons. The Labute approximate surface area is 121 Å². The summed E-state index contributed by atoms with van der Waals surface area (Å²) in [6, 6.07) is 2.65. The number of amides is 1. The maximum Gasteiger partial charge on any atom is 0.227 e. The molecule has 3 N–H and O–H groups in total. The first kappa shape index (κ1) is 15.2. The molecule has 0 spiro atoms. The van der Waals surface area contributed by atoms with Crippen LogP contribution in [0.3, 0.4) is 0 Å². The second-order valence-electron chi connectivity index (χ2n) is 5.04. The molecule has 1 heterocycles. The highest BCUT2D eigenvalue weighted by Gasteiger charge is 2.30. The number of amidine groups is 1. The number of hydrogen-bond acceptors (Lipinski definition) is 3. The summed E-state index contributed by atoms with van der Waals surface area (Å²) in [6.07, 6.45) is 2.11. The summed E-state index contributed by atoms with van der Waals surface area (Å²) in [7, 11) is 0. The molecule has 0 bridgehead atoms. The van der Waals surface area contributed by atoms with E-state index >= 15 is 0 Å². The van der Waals surface area contributed by atoms with Gasteiger partial charge in [-0.3, -0.25) is 4.79 Å². The van der Waals surface area contributed by atoms with Gasteiger partial charge in [-0.05, 0) is 30.9 Å². The number of piperidine rings is 1. The minimum atomic E-state index is -0.749. The van der Waals surface area contributed by atoms with Gasteiger partial charge in [0.15, 0.2) is 5.84 Å². The van der Waals surface area contributed by atoms with Gasteiger partial charge in [0.2, 0.25) is 5.91 Å². The fraction of sp³-hybridized carbons (Fsp3) is 0.429. The highest BCUT2D eigenvalue weighted by Crippen LogP contribution is 2.19. The molecule has 7 heteroatoms. The number of benzene rings is 1. The maximum absolute atomic E-state index is 13.6. The van der Waals surface area contributed by atoms with Gasteiger partial charge >= 0.3 is 0 Å². The summed E-state index contributed by atoms with van der Waals surface area (Å²) in [5.41, 5.74) is 5.73. The molecule has 0 aliphatic carbocycles. The van der Waals surface area contributed by atoms with Crippen molar-refractivity contribution in [1.82, 2.24) is 4.90 Å². The van der Waals surface area contributed by atoms with Gasteiger partial charge in [0, 0.05) is 12.6 Å². The molecule has 1 aromatic rings. The lowest BCUT2D eigenvalue weighted by Gasteiger charge is -2.34. The Hall–Kier alpha value is -2.18. The van der Waals surface area contributed by atoms with Crippen molar-refractivity contribution >= 4 is 11.7 Å². The SMILES string of the molecule is N/C(=N/O)C1CCCCN1C(=O)Cc1ccc(F)cc1F. The lowest BCUT2D eigenvalue weighted by Crippen LogP contribution is -2.51. The van der Waals surface area contributed by atoms with Gasteiger partial charge in [0.25, 0.3) is 0 Å². The number of carbonyl (C=O) groups excluding carboxylic acids is 1. The van der Waals surface area contributed by atoms with Crippen LogP contribution >= 0.6 is 0 Å². The molecule has 0 saturated carbocycles. The van der Waals surface area contributed by atoms with E-state index in [0.29, 0.717) is 13.0 Å². The van der Waals surface area contributed by atoms with E-state index in [1.165, 1.54) is 11.0 Å². The Balaban J connectivity index is 2.14. The molecule has 1 unspecified atom stereocenters. The first-order valence-corrected chi connectivity index (χ1v) is 6.73. The topological polar surface area (TPSA) is 78.9 Å². The van der Waals surface area contributed by atoms with Gasteiger partial charge < -0.3 is 15.8 Å². The molecule has 1 aliphatic rings. The summed E-state index contributed by atoms with van der Waals surface area (Å²) in [5, 5.41) is 11.7. The van der Waals surface area contributed by atoms with E-state index in [-0.39, 0.29) is 23.7 Å². The lowest BCUT2D eigenvalue weighted by molar-refractivity contribution is -0.132. The highest BCUT2D eigenvalue weighted by molar-refractivity contribution is 5.90. The molecule has 1 saturated heterocycles. The van der Waals surface area contributed by atoms with Gasteiger partial charge in [-0.2, -0.15) is 0 Å². The van der Waals surface area contributed by atoms with Gasteiger partial charge in [0.05, 0.1) is 12.5 Å². The Kier molecular flexibility index (Phi) is 4.72. The molecule has 1 amide bonds. The average Bonchev–Trinajstić information content (AvgIpc) is 2.49. The maximum atomic E-state index is 13.6. The van der Waals surface area contributed by atoms with Crippen molar-refractivity contribution in [2.24, 2.45) is 10.9 Å². The van der Waals surface area contributed by atoms with Crippen molar-refractivity contribution in [3.8, 4) is 0 Å². The molecule has 2 rings (SSSR count). The number of rotatable bonds is 3. The fourth-order valence-electron chi connectivity index (χ4n) is 2.53. The van der Waals surface area contributed by atoms with Crippen LogP contribution in [0.4, 0.5) is 8.78 Å². The smallest absolute Gasteiger partial charge is 0.227 e. The van der Waals surface area contributed by atoms with Crippen molar-refractivity contribution in [2.75, 3.05) is 6.54 Å². The molecular formula is C14H17F2N3O2. The van der Waals surface area contributed by atoms with Crippen molar-refractivity contribution in [3.05, 3.63) is 35.4 Å². The van der Waals surface area contributed by atoms with Gasteiger partial charge in [-0.1, -0.05) is 11.2 Å². The van der Waals surface area contributed by atoms with Crippen LogP contribution in [-0.2, 0) is 11.2 Å². The van der Waals surface area contributed by atoms with Crippen molar-refractivity contribution in [2.45, 2.75) is 31.7 Å². The molecule has 21 heavy (non-hydrogen) atoms. The fourth-order valence-corrected chi connectivity index (χ4v) is 2.53. The van der Waals surface area contributed by atoms with Crippen LogP contribution in [0.25, 0.3) is 0 Å². The second-order valence-corrected chi connectivity index (χ2v) is 5.04. The molecular weight excluding hydrogens is 280 g/mol. The zero-order valence-electron chi connectivity index (χ0n) is 11.4. The van der Waals surface area contributed by atoms with E-state index in [0.717, 1.165) is 25.0 Å². The van der Waals surface area contributed by atoms with E-state index in [9.17, 15) is 13.6 Å². The molecule has 1 aliphatic heterocycles. The highest BCUT2D eigenvalue weighted by atomic mass is 19.1. The monoisotopic (exact) mass is 297 g/mol. The Morgan fingerprint density at radius 1 is 1.43 bits per heavy atom. The van der Waals surface area contributed by atoms with E-state index in [4.69, 9.17) is 10.9 Å². The number of likely N-dealkylation sites (tertiary alicyclic amines) is 1. The third kappa shape index (κ3) is 3.48. The summed E-state index contributed by atoms with van der Waals surface area (Å²) in [4.78, 5) is 13.8. The zero-order valence-corrected chi connectivity index (χ0v) is 11.4. The first-order chi connectivity index (χ1) is 10.0. The predicted molar refractivity (Wildman–Crippen MR) is 72.8 cm³/mol. The molecule has 1 atom stereocenters. The van der Waals surface area contributed by atoms with E-state index in [1.807, 2.05) is 0 Å². The molecule has 0 radical (unpaired) electrons. The minimum absolute atomic E-state index is 0.0253. The summed E-state index contributed by atoms with van der Waals surface area (Å²) < 4.78 is 26.5. The quantitative estimate of drug-likeness (QED) is 0.385. The molecule has 1 aromatic carbocycles. The van der Waals surface area contributed by atoms with E-state index in [1.54, 1.807) is 0 Å². The van der Waals surface area contributed by atoms with E-state index in [2.05, 4.69) is 5.16 Å². The van der Waals surface area contributed by atoms with Crippen molar-refractivity contribution in [3.63, 3.8) is 0 Å². The van der Waals surface area contributed by atoms with Gasteiger partial charge in [0.1, 0.15) is 11.6 Å². The van der Waals surface area contributed by atoms with Crippen LogP contribution in [0.1, 0.15) is 24.8 Å². The summed E-state index contributed by atoms with van der Waals surface area (Å²) in [5.74, 6) is -1.78. The third-order valence-electron chi connectivity index (χ3n) is 3.64. The number of halogens is 2. The number of hydrogen-bond donors (Lipinski definition) is 2. The predicted octanol–water partition coefficient (Wildman–Crippen LogP) is 1.63. The van der Waals surface area contributed by atoms with Crippen molar-refractivity contribution in [1.29, 1.82) is 0 Å². The molecule has 1 fully saturated rings. The number of nitrogens with two attached hydrogens (primary N) is 1. The van der Waals surface area contributed by atoms with Crippen LogP contribution in [0.2, 0.25) is 0 Å². The number of nitrogens with zero attached hydrogens (tertiary/aromatic N) is 2. The minimum Gasteiger partial charge on any atom is -0.409 e. The molecule has 0 aromatic heterocycles. The second kappa shape index (κ2) is 6.51. The zero-order chi connectivity index (χ0) is 15.4. The van der Waals surface area contributed by atoms with Crippen LogP contribution in [-0.4, -0.2) is 34.4 Å². The van der Waals surface area contributed by atoms with Gasteiger partial charge in [-0.15, -0.1) is 0 Å². The lowest BCUT2D eigenvalue weighted by atomic mass is 10.00. The number of carbonyl (C=O) groups is 1. The Morgan fingerprint density at radius 2 is 2.19 bits per heavy atom. The van der Waals surface area contributed by atoms with Crippen LogP contribution in [0.15, 0.2) is 23.4 Å². The third-order valence-corrected chi connectivity index (χ3v) is 3.64. The van der Waals surface area contributed by atoms with Crippen LogP contribution in [0.5, 0.6) is 0 Å². The van der Waals surface area contributed by atoms with Crippen LogP contribution < -0.4 is 5.73 Å². The first-order valence-electron chi connectivity index (χ1n) is 6.73. The van der Waals surface area contributed by atoms with E-state index < -0.39 is 17.7 Å². The largest absolute Gasteiger partial charge is 0.409 e. The summed E-state index contributed by atoms with van der Waals surface area (Å²) in [6.45, 7) is 0.475. The number of oxime groups is 1. The Morgan fingerprint density at radius 3 is 2.86 bits per heavy atom. The average molecular weight is 297 g/mol. The van der Waals surface area contributed by atoms with Crippen molar-refractivity contribution < 1.29 is 18.8 Å². The molecule has 5 nitrogen and oxygen atoms in total. The standard InChI is InChI=1S/C14H17F2N3O2/c15-10-5-4-9(11(16)8-10)7-13(20)19-6-2-1-3-12(19)14(17)18-21/h4-5,8,12,21H,1-3,6-7H2,(H2,17,18). The normalized spacial score (nSPS) is 19.6. The van der Waals surface area contributed by atoms with Gasteiger partial charge in [-0.25, -0.2) is 8.78 Å². The Bertz CT molecular complexity index is 563. The van der Waals surface area contributed by atoms with Crippen LogP contribution in [0, 0.1) is 11.6 Å². The summed E-state index contributed by atoms with van der Waals surface area (Å²) >= 11 is 0.